The van der Waals surface area contributed by atoms with Crippen LogP contribution in [0.3, 0.4) is 0 Å². The number of hydrogen-bond acceptors (Lipinski definition) is 3. The molecule has 0 radical (unpaired) electrons. The SMILES string of the molecule is CC(CCN)CCC=C(I)N=CCN. The number of nitrogens with zero attached hydrogens (tertiary/aromatic N) is 1. The van der Waals surface area contributed by atoms with Crippen molar-refractivity contribution in [3.05, 3.63) is 9.78 Å². The van der Waals surface area contributed by atoms with E-state index < -0.39 is 0 Å². The molecule has 0 saturated heterocycles. The van der Waals surface area contributed by atoms with Crippen LogP contribution < -0.4 is 11.5 Å². The second-order valence-electron chi connectivity index (χ2n) is 3.33. The molecule has 0 fully saturated rings. The van der Waals surface area contributed by atoms with Crippen molar-refractivity contribution in [1.29, 1.82) is 0 Å². The molecular formula is C10H20IN3. The van der Waals surface area contributed by atoms with Gasteiger partial charge in [0, 0.05) is 12.8 Å². The third-order valence-electron chi connectivity index (χ3n) is 1.95. The summed E-state index contributed by atoms with van der Waals surface area (Å²) in [6.45, 7) is 3.52. The van der Waals surface area contributed by atoms with Gasteiger partial charge in [0.25, 0.3) is 0 Å². The van der Waals surface area contributed by atoms with Gasteiger partial charge in [-0.1, -0.05) is 13.0 Å². The smallest absolute Gasteiger partial charge is 0.0966 e. The Balaban J connectivity index is 3.64. The van der Waals surface area contributed by atoms with Crippen molar-refractivity contribution in [2.45, 2.75) is 26.2 Å². The van der Waals surface area contributed by atoms with Gasteiger partial charge in [-0.15, -0.1) is 0 Å². The predicted octanol–water partition coefficient (Wildman–Crippen LogP) is 2.06. The molecule has 0 bridgehead atoms. The summed E-state index contributed by atoms with van der Waals surface area (Å²) in [5, 5.41) is 0. The van der Waals surface area contributed by atoms with E-state index in [2.05, 4.69) is 40.6 Å². The summed E-state index contributed by atoms with van der Waals surface area (Å²) >= 11 is 2.22. The molecule has 0 spiro atoms. The highest BCUT2D eigenvalue weighted by Crippen LogP contribution is 2.13. The number of hydrogen-bond donors (Lipinski definition) is 2. The fourth-order valence-corrected chi connectivity index (χ4v) is 1.62. The lowest BCUT2D eigenvalue weighted by molar-refractivity contribution is 0.504. The zero-order valence-corrected chi connectivity index (χ0v) is 10.9. The van der Waals surface area contributed by atoms with Crippen LogP contribution in [0.2, 0.25) is 0 Å². The zero-order chi connectivity index (χ0) is 10.8. The van der Waals surface area contributed by atoms with Gasteiger partial charge in [-0.05, 0) is 54.3 Å². The maximum absolute atomic E-state index is 5.47. The van der Waals surface area contributed by atoms with E-state index in [1.54, 1.807) is 6.21 Å². The van der Waals surface area contributed by atoms with Gasteiger partial charge >= 0.3 is 0 Å². The minimum Gasteiger partial charge on any atom is -0.330 e. The third-order valence-corrected chi connectivity index (χ3v) is 2.67. The Hall–Kier alpha value is 0.0600. The molecule has 0 aliphatic carbocycles. The van der Waals surface area contributed by atoms with Crippen LogP contribution in [0.5, 0.6) is 0 Å². The molecule has 14 heavy (non-hydrogen) atoms. The van der Waals surface area contributed by atoms with Crippen molar-refractivity contribution in [2.24, 2.45) is 22.4 Å². The molecule has 0 amide bonds. The van der Waals surface area contributed by atoms with Gasteiger partial charge in [-0.25, -0.2) is 0 Å². The zero-order valence-electron chi connectivity index (χ0n) is 8.75. The Kier molecular flexibility index (Phi) is 9.65. The van der Waals surface area contributed by atoms with Gasteiger partial charge in [-0.2, -0.15) is 0 Å². The second-order valence-corrected chi connectivity index (χ2v) is 4.44. The average molecular weight is 309 g/mol. The molecule has 1 atom stereocenters. The predicted molar refractivity (Wildman–Crippen MR) is 71.7 cm³/mol. The van der Waals surface area contributed by atoms with Crippen molar-refractivity contribution in [2.75, 3.05) is 13.1 Å². The van der Waals surface area contributed by atoms with E-state index in [-0.39, 0.29) is 0 Å². The lowest BCUT2D eigenvalue weighted by Gasteiger charge is -2.06. The topological polar surface area (TPSA) is 64.4 Å². The molecule has 0 aliphatic heterocycles. The first-order valence-corrected chi connectivity index (χ1v) is 6.07. The van der Waals surface area contributed by atoms with Gasteiger partial charge in [0.05, 0.1) is 3.70 Å². The first-order valence-electron chi connectivity index (χ1n) is 4.99. The van der Waals surface area contributed by atoms with E-state index in [0.717, 1.165) is 23.1 Å². The Morgan fingerprint density at radius 1 is 1.43 bits per heavy atom. The number of allylic oxidation sites excluding steroid dienone is 1. The van der Waals surface area contributed by atoms with Gasteiger partial charge in [0.2, 0.25) is 0 Å². The summed E-state index contributed by atoms with van der Waals surface area (Å²) in [4.78, 5) is 4.16. The van der Waals surface area contributed by atoms with Crippen LogP contribution in [0.15, 0.2) is 14.8 Å². The minimum atomic E-state index is 0.504. The first-order chi connectivity index (χ1) is 6.70. The van der Waals surface area contributed by atoms with Crippen molar-refractivity contribution >= 4 is 28.8 Å². The molecule has 0 aromatic rings. The van der Waals surface area contributed by atoms with E-state index in [0.29, 0.717) is 12.5 Å². The maximum Gasteiger partial charge on any atom is 0.0966 e. The Labute approximate surface area is 100 Å². The molecule has 0 heterocycles. The second kappa shape index (κ2) is 9.61. The normalized spacial score (nSPS) is 15.0. The van der Waals surface area contributed by atoms with E-state index in [9.17, 15) is 0 Å². The van der Waals surface area contributed by atoms with Crippen LogP contribution >= 0.6 is 22.6 Å². The third kappa shape index (κ3) is 8.65. The van der Waals surface area contributed by atoms with Crippen LogP contribution in [0.25, 0.3) is 0 Å². The van der Waals surface area contributed by atoms with Crippen LogP contribution in [-0.2, 0) is 0 Å². The average Bonchev–Trinajstić information content (AvgIpc) is 2.15. The number of nitrogens with two attached hydrogens (primary N) is 2. The highest BCUT2D eigenvalue weighted by Gasteiger charge is 1.98. The van der Waals surface area contributed by atoms with Crippen molar-refractivity contribution < 1.29 is 0 Å². The van der Waals surface area contributed by atoms with Crippen LogP contribution in [0.4, 0.5) is 0 Å². The first kappa shape index (κ1) is 14.1. The summed E-state index contributed by atoms with van der Waals surface area (Å²) in [5.41, 5.74) is 10.8. The molecule has 0 aromatic heterocycles. The summed E-state index contributed by atoms with van der Waals surface area (Å²) in [7, 11) is 0. The van der Waals surface area contributed by atoms with Crippen LogP contribution in [0, 0.1) is 5.92 Å². The van der Waals surface area contributed by atoms with E-state index in [4.69, 9.17) is 11.5 Å². The van der Waals surface area contributed by atoms with Crippen LogP contribution in [-0.4, -0.2) is 19.3 Å². The van der Waals surface area contributed by atoms with E-state index in [1.807, 2.05) is 0 Å². The lowest BCUT2D eigenvalue weighted by Crippen LogP contribution is -2.05. The molecule has 0 saturated carbocycles. The van der Waals surface area contributed by atoms with Gasteiger partial charge in [-0.3, -0.25) is 4.99 Å². The maximum atomic E-state index is 5.47. The standard InChI is InChI=1S/C10H20IN3/c1-9(5-6-12)3-2-4-10(11)14-8-7-13/h4,8-9H,2-3,5-7,12-13H2,1H3. The highest BCUT2D eigenvalue weighted by molar-refractivity contribution is 14.1. The van der Waals surface area contributed by atoms with E-state index >= 15 is 0 Å². The quantitative estimate of drug-likeness (QED) is 0.429. The molecular weight excluding hydrogens is 289 g/mol. The molecule has 0 aliphatic rings. The van der Waals surface area contributed by atoms with Crippen LogP contribution in [0.1, 0.15) is 26.2 Å². The molecule has 82 valence electrons. The van der Waals surface area contributed by atoms with Gasteiger partial charge < -0.3 is 11.5 Å². The number of aliphatic imine (C=N–C) groups is 1. The largest absolute Gasteiger partial charge is 0.330 e. The van der Waals surface area contributed by atoms with Crippen molar-refractivity contribution in [3.8, 4) is 0 Å². The minimum absolute atomic E-state index is 0.504. The molecule has 3 nitrogen and oxygen atoms in total. The highest BCUT2D eigenvalue weighted by atomic mass is 127. The molecule has 4 N–H and O–H groups in total. The molecule has 0 rings (SSSR count). The Bertz CT molecular complexity index is 190. The summed E-state index contributed by atoms with van der Waals surface area (Å²) in [6, 6.07) is 0. The summed E-state index contributed by atoms with van der Waals surface area (Å²) in [5.74, 6) is 0.707. The fraction of sp³-hybridized carbons (Fsp3) is 0.700. The van der Waals surface area contributed by atoms with Crippen molar-refractivity contribution in [3.63, 3.8) is 0 Å². The number of halogens is 1. The Morgan fingerprint density at radius 2 is 2.14 bits per heavy atom. The molecule has 1 unspecified atom stereocenters. The van der Waals surface area contributed by atoms with Gasteiger partial charge in [0.15, 0.2) is 0 Å². The van der Waals surface area contributed by atoms with E-state index in [1.165, 1.54) is 6.42 Å². The lowest BCUT2D eigenvalue weighted by atomic mass is 10.0. The van der Waals surface area contributed by atoms with Gasteiger partial charge in [0.1, 0.15) is 0 Å². The monoisotopic (exact) mass is 309 g/mol. The molecule has 0 aromatic carbocycles. The fourth-order valence-electron chi connectivity index (χ4n) is 1.11. The van der Waals surface area contributed by atoms with Crippen molar-refractivity contribution in [1.82, 2.24) is 0 Å². The number of rotatable bonds is 7. The summed E-state index contributed by atoms with van der Waals surface area (Å²) in [6.07, 6.45) is 7.22. The molecule has 4 heteroatoms. The Morgan fingerprint density at radius 3 is 2.71 bits per heavy atom. The summed E-state index contributed by atoms with van der Waals surface area (Å²) < 4.78 is 1.02.